The van der Waals surface area contributed by atoms with Gasteiger partial charge in [-0.05, 0) is 17.5 Å². The lowest BCUT2D eigenvalue weighted by molar-refractivity contribution is -0.215. The summed E-state index contributed by atoms with van der Waals surface area (Å²) in [7, 11) is 0. The van der Waals surface area contributed by atoms with Gasteiger partial charge in [-0.3, -0.25) is 0 Å². The molecular weight excluding hydrogens is 340 g/mol. The van der Waals surface area contributed by atoms with E-state index >= 15 is 0 Å². The number of hydrogen-bond acceptors (Lipinski definition) is 4. The van der Waals surface area contributed by atoms with Crippen LogP contribution in [0.1, 0.15) is 24.0 Å². The van der Waals surface area contributed by atoms with E-state index in [1.165, 1.54) is 0 Å². The van der Waals surface area contributed by atoms with Gasteiger partial charge in [0.05, 0.1) is 32.0 Å². The average Bonchev–Trinajstić information content (AvgIpc) is 2.72. The third kappa shape index (κ3) is 5.75. The summed E-state index contributed by atoms with van der Waals surface area (Å²) in [6.45, 7) is 4.68. The van der Waals surface area contributed by atoms with Crippen molar-refractivity contribution in [2.45, 2.75) is 50.5 Å². The Morgan fingerprint density at radius 1 is 0.963 bits per heavy atom. The van der Waals surface area contributed by atoms with Gasteiger partial charge in [0.25, 0.3) is 0 Å². The van der Waals surface area contributed by atoms with Gasteiger partial charge in [0, 0.05) is 6.42 Å². The van der Waals surface area contributed by atoms with E-state index in [0.717, 1.165) is 24.0 Å². The van der Waals surface area contributed by atoms with E-state index in [0.29, 0.717) is 13.2 Å². The predicted octanol–water partition coefficient (Wildman–Crippen LogP) is 3.88. The molecular formula is C23H28O4. The molecule has 4 atom stereocenters. The van der Waals surface area contributed by atoms with Gasteiger partial charge in [0.2, 0.25) is 0 Å². The molecule has 0 unspecified atom stereocenters. The third-order valence-corrected chi connectivity index (χ3v) is 4.80. The number of aliphatic hydroxyl groups is 1. The standard InChI is InChI=1S/C23H28O4/c1-2-9-20-14-21(25-16-18-10-5-3-6-11-18)23(22(15-24)27-20)26-17-19-12-7-4-8-13-19/h2-8,10-13,20-24H,1,9,14-17H2/t20-,21-,22-,23+/m0/s1. The van der Waals surface area contributed by atoms with E-state index in [2.05, 4.69) is 6.58 Å². The first kappa shape index (κ1) is 19.8. The van der Waals surface area contributed by atoms with E-state index in [4.69, 9.17) is 14.2 Å². The van der Waals surface area contributed by atoms with Crippen LogP contribution in [0.25, 0.3) is 0 Å². The molecule has 4 nitrogen and oxygen atoms in total. The highest BCUT2D eigenvalue weighted by molar-refractivity contribution is 5.14. The zero-order chi connectivity index (χ0) is 18.9. The Hall–Kier alpha value is -1.98. The van der Waals surface area contributed by atoms with E-state index in [1.807, 2.05) is 66.7 Å². The van der Waals surface area contributed by atoms with Crippen molar-refractivity contribution >= 4 is 0 Å². The molecule has 1 fully saturated rings. The highest BCUT2D eigenvalue weighted by atomic mass is 16.6. The molecule has 144 valence electrons. The molecule has 1 N–H and O–H groups in total. The largest absolute Gasteiger partial charge is 0.394 e. The first-order chi connectivity index (χ1) is 13.3. The number of benzene rings is 2. The number of ether oxygens (including phenoxy) is 3. The van der Waals surface area contributed by atoms with Crippen molar-refractivity contribution in [3.05, 3.63) is 84.4 Å². The second-order valence-corrected chi connectivity index (χ2v) is 6.84. The van der Waals surface area contributed by atoms with Crippen LogP contribution >= 0.6 is 0 Å². The molecule has 2 aromatic carbocycles. The van der Waals surface area contributed by atoms with Crippen molar-refractivity contribution in [1.82, 2.24) is 0 Å². The molecule has 1 saturated heterocycles. The first-order valence-electron chi connectivity index (χ1n) is 9.48. The summed E-state index contributed by atoms with van der Waals surface area (Å²) in [6.07, 6.45) is 2.40. The Bertz CT molecular complexity index is 673. The lowest BCUT2D eigenvalue weighted by atomic mass is 9.96. The molecule has 2 aromatic rings. The third-order valence-electron chi connectivity index (χ3n) is 4.80. The lowest BCUT2D eigenvalue weighted by Gasteiger charge is -2.41. The van der Waals surface area contributed by atoms with Crippen LogP contribution in [0.15, 0.2) is 73.3 Å². The maximum absolute atomic E-state index is 9.86. The number of rotatable bonds is 9. The van der Waals surface area contributed by atoms with Crippen LogP contribution in [0.4, 0.5) is 0 Å². The summed E-state index contributed by atoms with van der Waals surface area (Å²) in [5, 5.41) is 9.86. The molecule has 1 aliphatic rings. The zero-order valence-corrected chi connectivity index (χ0v) is 15.6. The fraction of sp³-hybridized carbons (Fsp3) is 0.391. The van der Waals surface area contributed by atoms with Gasteiger partial charge in [-0.1, -0.05) is 66.7 Å². The average molecular weight is 368 g/mol. The van der Waals surface area contributed by atoms with Gasteiger partial charge in [-0.2, -0.15) is 0 Å². The minimum absolute atomic E-state index is 0.0167. The van der Waals surface area contributed by atoms with E-state index in [-0.39, 0.29) is 24.9 Å². The van der Waals surface area contributed by atoms with Crippen molar-refractivity contribution in [3.63, 3.8) is 0 Å². The molecule has 3 rings (SSSR count). The summed E-state index contributed by atoms with van der Waals surface area (Å²) in [6, 6.07) is 20.1. The molecule has 0 aliphatic carbocycles. The van der Waals surface area contributed by atoms with Crippen LogP contribution in [-0.4, -0.2) is 36.1 Å². The lowest BCUT2D eigenvalue weighted by Crippen LogP contribution is -2.52. The van der Waals surface area contributed by atoms with Crippen LogP contribution in [0.5, 0.6) is 0 Å². The fourth-order valence-corrected chi connectivity index (χ4v) is 3.42. The molecule has 0 radical (unpaired) electrons. The molecule has 0 amide bonds. The SMILES string of the molecule is C=CC[C@H]1C[C@H](OCc2ccccc2)[C@@H](OCc2ccccc2)[C@H](CO)O1. The predicted molar refractivity (Wildman–Crippen MR) is 105 cm³/mol. The summed E-state index contributed by atoms with van der Waals surface area (Å²) in [4.78, 5) is 0. The van der Waals surface area contributed by atoms with Gasteiger partial charge in [0.15, 0.2) is 0 Å². The quantitative estimate of drug-likeness (QED) is 0.683. The molecule has 1 aliphatic heterocycles. The zero-order valence-electron chi connectivity index (χ0n) is 15.6. The molecule has 0 bridgehead atoms. The highest BCUT2D eigenvalue weighted by Gasteiger charge is 2.39. The Morgan fingerprint density at radius 3 is 2.11 bits per heavy atom. The molecule has 0 spiro atoms. The van der Waals surface area contributed by atoms with Crippen LogP contribution in [-0.2, 0) is 27.4 Å². The Labute approximate surface area is 161 Å². The molecule has 27 heavy (non-hydrogen) atoms. The monoisotopic (exact) mass is 368 g/mol. The van der Waals surface area contributed by atoms with Gasteiger partial charge < -0.3 is 19.3 Å². The molecule has 0 saturated carbocycles. The van der Waals surface area contributed by atoms with Crippen molar-refractivity contribution in [2.75, 3.05) is 6.61 Å². The van der Waals surface area contributed by atoms with E-state index in [9.17, 15) is 5.11 Å². The molecule has 1 heterocycles. The van der Waals surface area contributed by atoms with Gasteiger partial charge >= 0.3 is 0 Å². The number of hydrogen-bond donors (Lipinski definition) is 1. The second kappa shape index (κ2) is 10.4. The smallest absolute Gasteiger partial charge is 0.113 e. The van der Waals surface area contributed by atoms with Crippen LogP contribution in [0.3, 0.4) is 0 Å². The second-order valence-electron chi connectivity index (χ2n) is 6.84. The molecule has 4 heteroatoms. The minimum Gasteiger partial charge on any atom is -0.394 e. The van der Waals surface area contributed by atoms with Gasteiger partial charge in [-0.15, -0.1) is 6.58 Å². The van der Waals surface area contributed by atoms with Gasteiger partial charge in [0.1, 0.15) is 12.2 Å². The van der Waals surface area contributed by atoms with Crippen molar-refractivity contribution in [3.8, 4) is 0 Å². The van der Waals surface area contributed by atoms with Crippen molar-refractivity contribution in [2.24, 2.45) is 0 Å². The summed E-state index contributed by atoms with van der Waals surface area (Å²) in [5.74, 6) is 0. The number of aliphatic hydroxyl groups excluding tert-OH is 1. The van der Waals surface area contributed by atoms with Crippen LogP contribution in [0.2, 0.25) is 0 Å². The van der Waals surface area contributed by atoms with Gasteiger partial charge in [-0.25, -0.2) is 0 Å². The summed E-state index contributed by atoms with van der Waals surface area (Å²) in [5.41, 5.74) is 2.20. The maximum Gasteiger partial charge on any atom is 0.113 e. The summed E-state index contributed by atoms with van der Waals surface area (Å²) >= 11 is 0. The normalized spacial score (nSPS) is 25.2. The molecule has 0 aromatic heterocycles. The van der Waals surface area contributed by atoms with Crippen LogP contribution < -0.4 is 0 Å². The van der Waals surface area contributed by atoms with E-state index < -0.39 is 6.10 Å². The Balaban J connectivity index is 1.69. The topological polar surface area (TPSA) is 47.9 Å². The highest BCUT2D eigenvalue weighted by Crippen LogP contribution is 2.28. The Kier molecular flexibility index (Phi) is 7.60. The van der Waals surface area contributed by atoms with E-state index in [1.54, 1.807) is 0 Å². The fourth-order valence-electron chi connectivity index (χ4n) is 3.42. The maximum atomic E-state index is 9.86. The van der Waals surface area contributed by atoms with Crippen molar-refractivity contribution < 1.29 is 19.3 Å². The van der Waals surface area contributed by atoms with Crippen molar-refractivity contribution in [1.29, 1.82) is 0 Å². The van der Waals surface area contributed by atoms with Crippen LogP contribution in [0, 0.1) is 0 Å². The first-order valence-corrected chi connectivity index (χ1v) is 9.48. The minimum atomic E-state index is -0.409. The summed E-state index contributed by atoms with van der Waals surface area (Å²) < 4.78 is 18.4. The Morgan fingerprint density at radius 2 is 1.56 bits per heavy atom.